The molecule has 0 atom stereocenters. The summed E-state index contributed by atoms with van der Waals surface area (Å²) in [6.45, 7) is 6.60. The molecule has 0 fully saturated rings. The first kappa shape index (κ1) is 6.32. The molecule has 2 nitrogen and oxygen atoms in total. The molecule has 1 aromatic rings. The quantitative estimate of drug-likeness (QED) is 0.383. The lowest BCUT2D eigenvalue weighted by molar-refractivity contribution is 1.30. The third-order valence-electron chi connectivity index (χ3n) is 1.02. The maximum Gasteiger partial charge on any atom is 0.205 e. The molecule has 1 heterocycles. The lowest BCUT2D eigenvalue weighted by Gasteiger charge is -1.87. The van der Waals surface area contributed by atoms with Gasteiger partial charge in [0.2, 0.25) is 5.69 Å². The fourth-order valence-electron chi connectivity index (χ4n) is 0.538. The van der Waals surface area contributed by atoms with Gasteiger partial charge < -0.3 is 0 Å². The third kappa shape index (κ3) is 1.13. The van der Waals surface area contributed by atoms with Crippen LogP contribution >= 0.6 is 0 Å². The van der Waals surface area contributed by atoms with Gasteiger partial charge in [-0.3, -0.25) is 4.98 Å². The molecule has 1 aromatic heterocycles. The largest absolute Gasteiger partial charge is 0.259 e. The number of terminal acetylenes is 1. The van der Waals surface area contributed by atoms with Gasteiger partial charge in [-0.2, -0.15) is 0 Å². The van der Waals surface area contributed by atoms with Crippen molar-refractivity contribution in [2.75, 3.05) is 0 Å². The number of nitrogens with zero attached hydrogens (tertiary/aromatic N) is 2. The van der Waals surface area contributed by atoms with E-state index in [-0.39, 0.29) is 0 Å². The molecule has 0 spiro atoms. The van der Waals surface area contributed by atoms with Crippen molar-refractivity contribution >= 4 is 5.69 Å². The van der Waals surface area contributed by atoms with Crippen LogP contribution in [0.4, 0.5) is 5.69 Å². The maximum atomic E-state index is 6.60. The van der Waals surface area contributed by atoms with Gasteiger partial charge in [0.05, 0.1) is 6.57 Å². The first-order chi connectivity index (χ1) is 4.86. The lowest BCUT2D eigenvalue weighted by Crippen LogP contribution is -1.76. The van der Waals surface area contributed by atoms with E-state index in [2.05, 4.69) is 15.7 Å². The average Bonchev–Trinajstić information content (AvgIpc) is 2.05. The monoisotopic (exact) mass is 128 g/mol. The molecule has 0 aromatic carbocycles. The van der Waals surface area contributed by atoms with Gasteiger partial charge >= 0.3 is 0 Å². The highest BCUT2D eigenvalue weighted by molar-refractivity contribution is 5.43. The first-order valence-electron chi connectivity index (χ1n) is 2.67. The smallest absolute Gasteiger partial charge is 0.205 e. The molecule has 0 amide bonds. The number of hydrogen-bond donors (Lipinski definition) is 0. The van der Waals surface area contributed by atoms with Gasteiger partial charge in [0.25, 0.3) is 0 Å². The molecule has 46 valence electrons. The second-order valence-electron chi connectivity index (χ2n) is 1.66. The molecule has 0 saturated carbocycles. The standard InChI is InChI=1S/C8H4N2/c1-3-7-4-5-8(9-2)6-10-7/h1,4-6H. The van der Waals surface area contributed by atoms with E-state index in [4.69, 9.17) is 13.0 Å². The molecule has 0 unspecified atom stereocenters. The van der Waals surface area contributed by atoms with Crippen LogP contribution in [0.2, 0.25) is 0 Å². The van der Waals surface area contributed by atoms with E-state index in [9.17, 15) is 0 Å². The van der Waals surface area contributed by atoms with Crippen molar-refractivity contribution in [1.29, 1.82) is 0 Å². The fourth-order valence-corrected chi connectivity index (χ4v) is 0.538. The Kier molecular flexibility index (Phi) is 1.68. The summed E-state index contributed by atoms with van der Waals surface area (Å²) in [5.74, 6) is 2.36. The van der Waals surface area contributed by atoms with Crippen molar-refractivity contribution in [3.63, 3.8) is 0 Å². The highest BCUT2D eigenvalue weighted by atomic mass is 14.7. The van der Waals surface area contributed by atoms with E-state index < -0.39 is 0 Å². The van der Waals surface area contributed by atoms with Gasteiger partial charge in [-0.15, -0.1) is 6.42 Å². The van der Waals surface area contributed by atoms with E-state index >= 15 is 0 Å². The zero-order valence-corrected chi connectivity index (χ0v) is 5.20. The molecule has 0 bridgehead atoms. The van der Waals surface area contributed by atoms with Crippen LogP contribution in [0.3, 0.4) is 0 Å². The van der Waals surface area contributed by atoms with Crippen LogP contribution < -0.4 is 0 Å². The Morgan fingerprint density at radius 2 is 2.40 bits per heavy atom. The minimum absolute atomic E-state index is 0.513. The Bertz CT molecular complexity index is 265. The molecule has 0 aliphatic heterocycles. The summed E-state index contributed by atoms with van der Waals surface area (Å²) in [5.41, 5.74) is 1.08. The molecular weight excluding hydrogens is 124 g/mol. The van der Waals surface area contributed by atoms with E-state index in [1.54, 1.807) is 12.1 Å². The summed E-state index contributed by atoms with van der Waals surface area (Å²) in [6, 6.07) is 3.29. The summed E-state index contributed by atoms with van der Waals surface area (Å²) < 4.78 is 0. The topological polar surface area (TPSA) is 17.2 Å². The summed E-state index contributed by atoms with van der Waals surface area (Å²) in [5, 5.41) is 0. The van der Waals surface area contributed by atoms with Crippen LogP contribution in [0.5, 0.6) is 0 Å². The summed E-state index contributed by atoms with van der Waals surface area (Å²) in [7, 11) is 0. The van der Waals surface area contributed by atoms with Gasteiger partial charge in [0.15, 0.2) is 0 Å². The molecule has 10 heavy (non-hydrogen) atoms. The van der Waals surface area contributed by atoms with Crippen molar-refractivity contribution in [3.05, 3.63) is 35.4 Å². The third-order valence-corrected chi connectivity index (χ3v) is 1.02. The SMILES string of the molecule is [C-]#[N+]c1ccc(C#C)nc1. The molecule has 0 saturated heterocycles. The van der Waals surface area contributed by atoms with E-state index in [0.29, 0.717) is 11.4 Å². The van der Waals surface area contributed by atoms with Crippen molar-refractivity contribution in [3.8, 4) is 12.3 Å². The lowest BCUT2D eigenvalue weighted by atomic mass is 10.3. The second kappa shape index (κ2) is 2.66. The highest BCUT2D eigenvalue weighted by Gasteiger charge is 1.88. The zero-order chi connectivity index (χ0) is 7.40. The zero-order valence-electron chi connectivity index (χ0n) is 5.20. The van der Waals surface area contributed by atoms with Crippen molar-refractivity contribution in [2.45, 2.75) is 0 Å². The van der Waals surface area contributed by atoms with Gasteiger partial charge in [0.1, 0.15) is 5.69 Å². The molecule has 1 rings (SSSR count). The summed E-state index contributed by atoms with van der Waals surface area (Å²) in [4.78, 5) is 6.98. The molecule has 0 radical (unpaired) electrons. The maximum absolute atomic E-state index is 6.60. The number of hydrogen-bond acceptors (Lipinski definition) is 1. The van der Waals surface area contributed by atoms with Crippen molar-refractivity contribution < 1.29 is 0 Å². The molecule has 0 aliphatic carbocycles. The number of pyridine rings is 1. The molecular formula is C8H4N2. The van der Waals surface area contributed by atoms with Crippen molar-refractivity contribution in [1.82, 2.24) is 4.98 Å². The normalized spacial score (nSPS) is 7.80. The van der Waals surface area contributed by atoms with E-state index in [1.165, 1.54) is 6.20 Å². The van der Waals surface area contributed by atoms with Crippen LogP contribution in [0.25, 0.3) is 4.85 Å². The molecule has 2 heteroatoms. The van der Waals surface area contributed by atoms with Crippen molar-refractivity contribution in [2.24, 2.45) is 0 Å². The van der Waals surface area contributed by atoms with Crippen LogP contribution in [0, 0.1) is 18.9 Å². The Morgan fingerprint density at radius 3 is 2.80 bits per heavy atom. The first-order valence-corrected chi connectivity index (χ1v) is 2.67. The van der Waals surface area contributed by atoms with Crippen LogP contribution in [0.15, 0.2) is 18.3 Å². The second-order valence-corrected chi connectivity index (χ2v) is 1.66. The Hall–Kier alpha value is -1.80. The average molecular weight is 128 g/mol. The predicted octanol–water partition coefficient (Wildman–Crippen LogP) is 1.61. The van der Waals surface area contributed by atoms with E-state index in [1.807, 2.05) is 0 Å². The highest BCUT2D eigenvalue weighted by Crippen LogP contribution is 2.08. The predicted molar refractivity (Wildman–Crippen MR) is 38.4 cm³/mol. The Balaban J connectivity index is 3.08. The number of rotatable bonds is 0. The van der Waals surface area contributed by atoms with Gasteiger partial charge in [-0.05, 0) is 6.07 Å². The number of aromatic nitrogens is 1. The Morgan fingerprint density at radius 1 is 1.60 bits per heavy atom. The van der Waals surface area contributed by atoms with Crippen LogP contribution in [-0.2, 0) is 0 Å². The van der Waals surface area contributed by atoms with Gasteiger partial charge in [-0.25, -0.2) is 4.85 Å². The minimum atomic E-state index is 0.513. The summed E-state index contributed by atoms with van der Waals surface area (Å²) >= 11 is 0. The Labute approximate surface area is 59.3 Å². The summed E-state index contributed by atoms with van der Waals surface area (Å²) in [6.07, 6.45) is 6.51. The fraction of sp³-hybridized carbons (Fsp3) is 0. The van der Waals surface area contributed by atoms with Crippen LogP contribution in [0.1, 0.15) is 5.69 Å². The van der Waals surface area contributed by atoms with Gasteiger partial charge in [0, 0.05) is 6.20 Å². The molecule has 0 aliphatic rings. The minimum Gasteiger partial charge on any atom is -0.259 e. The van der Waals surface area contributed by atoms with Gasteiger partial charge in [-0.1, -0.05) is 12.0 Å². The van der Waals surface area contributed by atoms with Crippen LogP contribution in [-0.4, -0.2) is 4.98 Å². The van der Waals surface area contributed by atoms with E-state index in [0.717, 1.165) is 0 Å². The molecule has 0 N–H and O–H groups in total.